The lowest BCUT2D eigenvalue weighted by Gasteiger charge is -2.37. The Balaban J connectivity index is 0.884. The number of nitrogens with one attached hydrogen (secondary N) is 5. The molecule has 0 saturated carbocycles. The zero-order chi connectivity index (χ0) is 61.1. The minimum absolute atomic E-state index is 0.235. The van der Waals surface area contributed by atoms with Crippen molar-refractivity contribution in [1.29, 1.82) is 0 Å². The summed E-state index contributed by atoms with van der Waals surface area (Å²) in [7, 11) is 7.74. The lowest BCUT2D eigenvalue weighted by Crippen LogP contribution is -2.47. The molecule has 5 aromatic rings. The molecule has 0 fully saturated rings. The first-order valence-electron chi connectivity index (χ1n) is 29.1. The Morgan fingerprint density at radius 1 is 0.529 bits per heavy atom. The number of alkyl halides is 1. The molecule has 2 heterocycles. The summed E-state index contributed by atoms with van der Waals surface area (Å²) < 4.78 is 29.5. The van der Waals surface area contributed by atoms with Gasteiger partial charge in [0.25, 0.3) is 23.6 Å². The Kier molecular flexibility index (Phi) is 23.3. The fourth-order valence-corrected chi connectivity index (χ4v) is 9.95. The summed E-state index contributed by atoms with van der Waals surface area (Å²) in [6.07, 6.45) is 6.37. The first-order chi connectivity index (χ1) is 40.8. The standard InChI is InChI=1S/C65H80ClN7O12/c1-64(2,3)84-62(79)46-23-21-45(22-24-46)60(77)71-54(16-10-12-32-67-57(74)43-17-19-44(20-18-43)58(75)70-35-37-82-39-38-81-36-15-9-8-11-31-66)61(78)69-34-14-13-33-68-59(76)47-25-28-51-50(40-47)63(80)85-65(51)52-29-26-48(72(4)5)41-55(52)83-56-42-49(73(6)7)27-30-53(56)65/h17-30,40-42,54H,8-16,31-39H2,1-7H3,(H,67,74)(H,68,76)(H,69,78)(H,70,75)(H,71,77). The van der Waals surface area contributed by atoms with Gasteiger partial charge in [-0.3, -0.25) is 24.0 Å². The Morgan fingerprint density at radius 2 is 1.01 bits per heavy atom. The molecule has 5 amide bonds. The van der Waals surface area contributed by atoms with Crippen LogP contribution < -0.4 is 41.1 Å². The summed E-state index contributed by atoms with van der Waals surface area (Å²) in [5, 5.41) is 14.4. The first kappa shape index (κ1) is 64.6. The normalized spacial score (nSPS) is 13.0. The zero-order valence-corrected chi connectivity index (χ0v) is 50.5. The zero-order valence-electron chi connectivity index (χ0n) is 49.8. The van der Waals surface area contributed by atoms with Crippen molar-refractivity contribution in [1.82, 2.24) is 26.6 Å². The van der Waals surface area contributed by atoms with Crippen molar-refractivity contribution >= 4 is 64.5 Å². The molecule has 20 heteroatoms. The van der Waals surface area contributed by atoms with Gasteiger partial charge in [0, 0.05) is 129 Å². The van der Waals surface area contributed by atoms with E-state index in [1.807, 2.05) is 74.4 Å². The molecule has 0 aliphatic carbocycles. The molecule has 0 aromatic heterocycles. The van der Waals surface area contributed by atoms with Gasteiger partial charge in [-0.15, -0.1) is 11.6 Å². The van der Waals surface area contributed by atoms with Gasteiger partial charge in [-0.25, -0.2) is 9.59 Å². The van der Waals surface area contributed by atoms with Crippen molar-refractivity contribution in [2.75, 3.05) is 96.5 Å². The molecule has 5 aromatic carbocycles. The van der Waals surface area contributed by atoms with Gasteiger partial charge in [-0.2, -0.15) is 0 Å². The quantitative estimate of drug-likeness (QED) is 0.0158. The number of hydrogen-bond acceptors (Lipinski definition) is 14. The smallest absolute Gasteiger partial charge is 0.340 e. The SMILES string of the molecule is CN(C)c1ccc2c(c1)Oc1cc(N(C)C)ccc1C21OC(=O)c2cc(C(=O)NCCCCNC(=O)C(CCCCNC(=O)c3ccc(C(=O)NCCOCCOCCCCCCCl)cc3)NC(=O)c3ccc(C(=O)OC(C)(C)C)cc3)ccc21. The van der Waals surface area contributed by atoms with E-state index >= 15 is 0 Å². The summed E-state index contributed by atoms with van der Waals surface area (Å²) in [6, 6.07) is 27.9. The monoisotopic (exact) mass is 1190 g/mol. The predicted octanol–water partition coefficient (Wildman–Crippen LogP) is 8.93. The number of fused-ring (bicyclic) bond motifs is 6. The highest BCUT2D eigenvalue weighted by molar-refractivity contribution is 6.17. The van der Waals surface area contributed by atoms with Crippen LogP contribution in [0.2, 0.25) is 0 Å². The van der Waals surface area contributed by atoms with Gasteiger partial charge in [0.2, 0.25) is 5.91 Å². The van der Waals surface area contributed by atoms with Crippen molar-refractivity contribution in [3.8, 4) is 11.5 Å². The third-order valence-corrected chi connectivity index (χ3v) is 14.6. The molecule has 454 valence electrons. The summed E-state index contributed by atoms with van der Waals surface area (Å²) >= 11 is 5.71. The van der Waals surface area contributed by atoms with E-state index in [1.165, 1.54) is 24.3 Å². The molecule has 1 atom stereocenters. The average Bonchev–Trinajstić information content (AvgIpc) is 1.65. The lowest BCUT2D eigenvalue weighted by molar-refractivity contribution is -0.123. The second-order valence-electron chi connectivity index (χ2n) is 22.4. The van der Waals surface area contributed by atoms with Crippen LogP contribution in [0.5, 0.6) is 11.5 Å². The molecule has 0 bridgehead atoms. The molecule has 2 aliphatic heterocycles. The van der Waals surface area contributed by atoms with Gasteiger partial charge >= 0.3 is 11.9 Å². The molecule has 1 unspecified atom stereocenters. The highest BCUT2D eigenvalue weighted by atomic mass is 35.5. The van der Waals surface area contributed by atoms with Gasteiger partial charge in [-0.1, -0.05) is 18.9 Å². The molecular formula is C65H80ClN7O12. The number of esters is 2. The van der Waals surface area contributed by atoms with E-state index < -0.39 is 41.0 Å². The summed E-state index contributed by atoms with van der Waals surface area (Å²) in [4.78, 5) is 97.1. The van der Waals surface area contributed by atoms with Crippen LogP contribution in [-0.4, -0.2) is 140 Å². The van der Waals surface area contributed by atoms with Crippen LogP contribution in [0, 0.1) is 0 Å². The van der Waals surface area contributed by atoms with Crippen molar-refractivity contribution in [3.05, 3.63) is 153 Å². The third kappa shape index (κ3) is 17.5. The van der Waals surface area contributed by atoms with E-state index in [0.717, 1.165) is 37.1 Å². The number of hydrogen-bond donors (Lipinski definition) is 5. The number of nitrogens with zero attached hydrogens (tertiary/aromatic N) is 2. The van der Waals surface area contributed by atoms with E-state index in [9.17, 15) is 33.6 Å². The number of amides is 5. The van der Waals surface area contributed by atoms with Gasteiger partial charge in [-0.05, 0) is 151 Å². The number of carbonyl (C=O) groups is 7. The maximum Gasteiger partial charge on any atom is 0.340 e. The van der Waals surface area contributed by atoms with Crippen LogP contribution in [-0.2, 0) is 29.3 Å². The molecule has 19 nitrogen and oxygen atoms in total. The number of carbonyl (C=O) groups excluding carboxylic acids is 7. The van der Waals surface area contributed by atoms with Gasteiger partial charge in [0.1, 0.15) is 23.1 Å². The number of unbranched alkanes of at least 4 members (excludes halogenated alkanes) is 5. The number of halogens is 1. The van der Waals surface area contributed by atoms with E-state index in [1.54, 1.807) is 63.2 Å². The fourth-order valence-electron chi connectivity index (χ4n) is 9.76. The molecule has 5 N–H and O–H groups in total. The first-order valence-corrected chi connectivity index (χ1v) is 29.6. The summed E-state index contributed by atoms with van der Waals surface area (Å²) in [5.74, 6) is -1.25. The second-order valence-corrected chi connectivity index (χ2v) is 22.7. The average molecular weight is 1190 g/mol. The molecule has 2 aliphatic rings. The maximum absolute atomic E-state index is 13.9. The Morgan fingerprint density at radius 3 is 1.58 bits per heavy atom. The van der Waals surface area contributed by atoms with Crippen LogP contribution >= 0.6 is 11.6 Å². The Labute approximate surface area is 503 Å². The number of anilines is 2. The second kappa shape index (κ2) is 30.7. The van der Waals surface area contributed by atoms with Gasteiger partial charge < -0.3 is 60.1 Å². The predicted molar refractivity (Wildman–Crippen MR) is 327 cm³/mol. The number of benzene rings is 5. The molecule has 7 rings (SSSR count). The van der Waals surface area contributed by atoms with Crippen molar-refractivity contribution in [2.24, 2.45) is 0 Å². The van der Waals surface area contributed by atoms with Crippen LogP contribution in [0.15, 0.2) is 103 Å². The van der Waals surface area contributed by atoms with E-state index in [4.69, 9.17) is 35.3 Å². The Bertz CT molecular complexity index is 3090. The lowest BCUT2D eigenvalue weighted by atomic mass is 9.77. The molecular weight excluding hydrogens is 1110 g/mol. The Hall–Kier alpha value is -8.00. The van der Waals surface area contributed by atoms with Crippen LogP contribution in [0.3, 0.4) is 0 Å². The number of rotatable bonds is 31. The highest BCUT2D eigenvalue weighted by Crippen LogP contribution is 2.57. The highest BCUT2D eigenvalue weighted by Gasteiger charge is 2.54. The van der Waals surface area contributed by atoms with Crippen molar-refractivity contribution in [2.45, 2.75) is 95.8 Å². The maximum atomic E-state index is 13.9. The molecule has 0 saturated heterocycles. The largest absolute Gasteiger partial charge is 0.456 e. The number of ether oxygens (including phenoxy) is 5. The molecule has 1 spiro atoms. The molecule has 0 radical (unpaired) electrons. The van der Waals surface area contributed by atoms with Crippen LogP contribution in [0.4, 0.5) is 11.4 Å². The van der Waals surface area contributed by atoms with E-state index in [2.05, 4.69) is 26.6 Å². The van der Waals surface area contributed by atoms with E-state index in [0.29, 0.717) is 104 Å². The van der Waals surface area contributed by atoms with E-state index in [-0.39, 0.29) is 66.0 Å². The minimum atomic E-state index is -1.31. The van der Waals surface area contributed by atoms with Gasteiger partial charge in [0.15, 0.2) is 5.60 Å². The topological polar surface area (TPSA) is 232 Å². The fraction of sp³-hybridized carbons (Fsp3) is 0.431. The third-order valence-electron chi connectivity index (χ3n) is 14.4. The summed E-state index contributed by atoms with van der Waals surface area (Å²) in [6.45, 7) is 8.34. The van der Waals surface area contributed by atoms with Crippen molar-refractivity contribution in [3.63, 3.8) is 0 Å². The molecule has 85 heavy (non-hydrogen) atoms. The minimum Gasteiger partial charge on any atom is -0.456 e. The summed E-state index contributed by atoms with van der Waals surface area (Å²) in [5.41, 5.74) is 3.56. The van der Waals surface area contributed by atoms with Crippen molar-refractivity contribution < 1.29 is 57.2 Å². The van der Waals surface area contributed by atoms with Crippen LogP contribution in [0.25, 0.3) is 0 Å². The van der Waals surface area contributed by atoms with Crippen LogP contribution in [0.1, 0.15) is 157 Å². The van der Waals surface area contributed by atoms with Gasteiger partial charge in [0.05, 0.1) is 30.9 Å².